The molecular weight excluding hydrogens is 334 g/mol. The lowest BCUT2D eigenvalue weighted by atomic mass is 9.91. The van der Waals surface area contributed by atoms with E-state index in [4.69, 9.17) is 4.74 Å². The summed E-state index contributed by atoms with van der Waals surface area (Å²) < 4.78 is 5.20. The van der Waals surface area contributed by atoms with Crippen LogP contribution in [0, 0.1) is 5.41 Å². The molecule has 4 nitrogen and oxygen atoms in total. The summed E-state index contributed by atoms with van der Waals surface area (Å²) in [4.78, 5) is 28.9. The zero-order chi connectivity index (χ0) is 18.0. The standard InChI is InChI=1S/C20H21NO3S/c1-19(2,3)17(22)21-13-9-6-5-8-12(13)15-16(21)20(15,18(23)24-4)14-10-7-11-25-14/h5-11,15-16H,1-4H3/t15-,16+,20+/m1/s1. The van der Waals surface area contributed by atoms with E-state index in [2.05, 4.69) is 0 Å². The Bertz CT molecular complexity index is 852. The number of esters is 1. The molecule has 0 saturated heterocycles. The van der Waals surface area contributed by atoms with E-state index in [1.54, 1.807) is 11.3 Å². The fourth-order valence-corrected chi connectivity index (χ4v) is 5.17. The Balaban J connectivity index is 1.91. The summed E-state index contributed by atoms with van der Waals surface area (Å²) in [6.45, 7) is 5.75. The van der Waals surface area contributed by atoms with Crippen molar-refractivity contribution in [1.82, 2.24) is 0 Å². The molecule has 1 aromatic heterocycles. The predicted molar refractivity (Wildman–Crippen MR) is 97.9 cm³/mol. The number of hydrogen-bond donors (Lipinski definition) is 0. The smallest absolute Gasteiger partial charge is 0.320 e. The van der Waals surface area contributed by atoms with Gasteiger partial charge in [0.05, 0.1) is 13.2 Å². The topological polar surface area (TPSA) is 46.6 Å². The summed E-state index contributed by atoms with van der Waals surface area (Å²) in [6, 6.07) is 11.6. The molecule has 1 amide bonds. The molecule has 1 fully saturated rings. The van der Waals surface area contributed by atoms with Gasteiger partial charge in [0.15, 0.2) is 0 Å². The highest BCUT2D eigenvalue weighted by atomic mass is 32.1. The quantitative estimate of drug-likeness (QED) is 0.772. The first-order valence-corrected chi connectivity index (χ1v) is 9.28. The van der Waals surface area contributed by atoms with Crippen LogP contribution in [0.1, 0.15) is 37.1 Å². The number of carbonyl (C=O) groups is 2. The monoisotopic (exact) mass is 355 g/mol. The molecule has 0 bridgehead atoms. The van der Waals surface area contributed by atoms with Crippen LogP contribution < -0.4 is 4.90 Å². The number of thiophene rings is 1. The molecule has 2 heterocycles. The van der Waals surface area contributed by atoms with Gasteiger partial charge in [-0.05, 0) is 23.1 Å². The number of anilines is 1. The Morgan fingerprint density at radius 2 is 1.88 bits per heavy atom. The molecule has 0 spiro atoms. The maximum Gasteiger partial charge on any atom is 0.320 e. The van der Waals surface area contributed by atoms with Crippen molar-refractivity contribution in [2.75, 3.05) is 12.0 Å². The minimum absolute atomic E-state index is 0.0368. The van der Waals surface area contributed by atoms with Crippen molar-refractivity contribution in [2.24, 2.45) is 5.41 Å². The summed E-state index contributed by atoms with van der Waals surface area (Å²) in [5, 5.41) is 1.97. The number of fused-ring (bicyclic) bond motifs is 3. The van der Waals surface area contributed by atoms with Gasteiger partial charge >= 0.3 is 5.97 Å². The number of methoxy groups -OCH3 is 1. The summed E-state index contributed by atoms with van der Waals surface area (Å²) in [5.41, 5.74) is 0.678. The van der Waals surface area contributed by atoms with E-state index in [1.807, 2.05) is 67.4 Å². The van der Waals surface area contributed by atoms with Crippen molar-refractivity contribution < 1.29 is 14.3 Å². The van der Waals surface area contributed by atoms with Crippen LogP contribution in [0.15, 0.2) is 41.8 Å². The summed E-state index contributed by atoms with van der Waals surface area (Å²) in [5.74, 6) is -0.262. The van der Waals surface area contributed by atoms with Crippen LogP contribution >= 0.6 is 11.3 Å². The van der Waals surface area contributed by atoms with Gasteiger partial charge in [0.25, 0.3) is 0 Å². The van der Waals surface area contributed by atoms with E-state index in [1.165, 1.54) is 7.11 Å². The Morgan fingerprint density at radius 1 is 1.16 bits per heavy atom. The Morgan fingerprint density at radius 3 is 2.48 bits per heavy atom. The van der Waals surface area contributed by atoms with Crippen molar-refractivity contribution in [3.05, 3.63) is 52.2 Å². The van der Waals surface area contributed by atoms with Gasteiger partial charge in [-0.3, -0.25) is 9.59 Å². The van der Waals surface area contributed by atoms with Crippen LogP contribution in [0.25, 0.3) is 0 Å². The molecule has 25 heavy (non-hydrogen) atoms. The molecule has 1 aromatic carbocycles. The van der Waals surface area contributed by atoms with Gasteiger partial charge in [-0.2, -0.15) is 0 Å². The number of rotatable bonds is 2. The average molecular weight is 355 g/mol. The number of ether oxygens (including phenoxy) is 1. The van der Waals surface area contributed by atoms with Gasteiger partial charge < -0.3 is 9.64 Å². The number of para-hydroxylation sites is 1. The summed E-state index contributed by atoms with van der Waals surface area (Å²) in [7, 11) is 1.42. The minimum atomic E-state index is -0.780. The molecule has 0 unspecified atom stereocenters. The van der Waals surface area contributed by atoms with Crippen molar-refractivity contribution in [1.29, 1.82) is 0 Å². The highest BCUT2D eigenvalue weighted by Gasteiger charge is 2.79. The second kappa shape index (κ2) is 5.18. The van der Waals surface area contributed by atoms with Crippen LogP contribution in [0.4, 0.5) is 5.69 Å². The maximum atomic E-state index is 13.2. The largest absolute Gasteiger partial charge is 0.468 e. The molecule has 2 aromatic rings. The fourth-order valence-electron chi connectivity index (χ4n) is 4.18. The first-order valence-electron chi connectivity index (χ1n) is 8.40. The van der Waals surface area contributed by atoms with Gasteiger partial charge in [0.1, 0.15) is 5.41 Å². The molecule has 130 valence electrons. The van der Waals surface area contributed by atoms with Crippen LogP contribution in [0.2, 0.25) is 0 Å². The third-order valence-electron chi connectivity index (χ3n) is 5.29. The van der Waals surface area contributed by atoms with E-state index in [-0.39, 0.29) is 23.8 Å². The molecule has 3 atom stereocenters. The number of amides is 1. The van der Waals surface area contributed by atoms with Crippen molar-refractivity contribution >= 4 is 28.9 Å². The molecule has 5 heteroatoms. The highest BCUT2D eigenvalue weighted by molar-refractivity contribution is 7.10. The average Bonchev–Trinajstić information content (AvgIpc) is 2.94. The molecule has 1 saturated carbocycles. The van der Waals surface area contributed by atoms with E-state index >= 15 is 0 Å². The van der Waals surface area contributed by atoms with Crippen LogP contribution in [0.5, 0.6) is 0 Å². The molecular formula is C20H21NO3S. The third-order valence-corrected chi connectivity index (χ3v) is 6.31. The first-order chi connectivity index (χ1) is 11.8. The Kier molecular flexibility index (Phi) is 3.38. The van der Waals surface area contributed by atoms with Gasteiger partial charge in [-0.1, -0.05) is 45.0 Å². The van der Waals surface area contributed by atoms with Crippen molar-refractivity contribution in [3.63, 3.8) is 0 Å². The zero-order valence-corrected chi connectivity index (χ0v) is 15.6. The summed E-state index contributed by atoms with van der Waals surface area (Å²) in [6.07, 6.45) is 0. The molecule has 0 N–H and O–H groups in total. The van der Waals surface area contributed by atoms with E-state index in [0.29, 0.717) is 0 Å². The normalized spacial score (nSPS) is 26.8. The number of hydrogen-bond acceptors (Lipinski definition) is 4. The molecule has 4 rings (SSSR count). The van der Waals surface area contributed by atoms with Crippen LogP contribution in [-0.2, 0) is 19.7 Å². The van der Waals surface area contributed by atoms with Gasteiger partial charge in [-0.15, -0.1) is 11.3 Å². The predicted octanol–water partition coefficient (Wildman–Crippen LogP) is 3.72. The van der Waals surface area contributed by atoms with Crippen LogP contribution in [-0.4, -0.2) is 25.0 Å². The number of carbonyl (C=O) groups excluding carboxylic acids is 2. The second-order valence-electron chi connectivity index (χ2n) is 7.74. The summed E-state index contributed by atoms with van der Waals surface area (Å²) >= 11 is 1.55. The second-order valence-corrected chi connectivity index (χ2v) is 8.69. The van der Waals surface area contributed by atoms with Crippen molar-refractivity contribution in [2.45, 2.75) is 38.1 Å². The third kappa shape index (κ3) is 1.99. The lowest BCUT2D eigenvalue weighted by Gasteiger charge is -2.31. The number of benzene rings is 1. The van der Waals surface area contributed by atoms with Gasteiger partial charge in [0.2, 0.25) is 5.91 Å². The molecule has 1 aliphatic heterocycles. The van der Waals surface area contributed by atoms with E-state index in [9.17, 15) is 9.59 Å². The lowest BCUT2D eigenvalue weighted by molar-refractivity contribution is -0.144. The fraction of sp³-hybridized carbons (Fsp3) is 0.400. The van der Waals surface area contributed by atoms with Gasteiger partial charge in [-0.25, -0.2) is 0 Å². The molecule has 1 aliphatic carbocycles. The van der Waals surface area contributed by atoms with E-state index in [0.717, 1.165) is 16.1 Å². The maximum absolute atomic E-state index is 13.2. The Labute approximate surface area is 151 Å². The van der Waals surface area contributed by atoms with E-state index < -0.39 is 10.8 Å². The Hall–Kier alpha value is -2.14. The number of nitrogens with zero attached hydrogens (tertiary/aromatic N) is 1. The highest BCUT2D eigenvalue weighted by Crippen LogP contribution is 2.70. The lowest BCUT2D eigenvalue weighted by Crippen LogP contribution is -2.45. The zero-order valence-electron chi connectivity index (χ0n) is 14.8. The molecule has 2 aliphatic rings. The van der Waals surface area contributed by atoms with Crippen LogP contribution in [0.3, 0.4) is 0 Å². The minimum Gasteiger partial charge on any atom is -0.468 e. The first kappa shape index (κ1) is 16.3. The van der Waals surface area contributed by atoms with Gasteiger partial charge in [0, 0.05) is 21.9 Å². The molecule has 0 radical (unpaired) electrons. The SMILES string of the molecule is COC(=O)[C@@]1(c2cccs2)[C@@H]2c3ccccc3N(C(=O)C(C)(C)C)[C@@H]21. The van der Waals surface area contributed by atoms with Crippen molar-refractivity contribution in [3.8, 4) is 0 Å².